The lowest BCUT2D eigenvalue weighted by molar-refractivity contribution is -0.137. The number of carbonyl (C=O) groups is 1. The molecular formula is C23H25F3N2O. The summed E-state index contributed by atoms with van der Waals surface area (Å²) >= 11 is 0. The summed E-state index contributed by atoms with van der Waals surface area (Å²) < 4.78 is 38.1. The van der Waals surface area contributed by atoms with Gasteiger partial charge >= 0.3 is 6.18 Å². The van der Waals surface area contributed by atoms with Crippen molar-refractivity contribution in [1.82, 2.24) is 4.90 Å². The van der Waals surface area contributed by atoms with Crippen molar-refractivity contribution in [3.05, 3.63) is 65.2 Å². The molecular weight excluding hydrogens is 377 g/mol. The first-order valence-corrected chi connectivity index (χ1v) is 10.2. The molecule has 0 aromatic heterocycles. The van der Waals surface area contributed by atoms with Crippen LogP contribution >= 0.6 is 0 Å². The summed E-state index contributed by atoms with van der Waals surface area (Å²) in [5, 5.41) is 0. The number of halogens is 3. The minimum absolute atomic E-state index is 0.0185. The van der Waals surface area contributed by atoms with Crippen LogP contribution in [0.4, 0.5) is 18.9 Å². The third kappa shape index (κ3) is 4.47. The number of piperidine rings is 1. The van der Waals surface area contributed by atoms with Gasteiger partial charge in [-0.1, -0.05) is 30.3 Å². The largest absolute Gasteiger partial charge is 0.416 e. The van der Waals surface area contributed by atoms with Crippen LogP contribution in [0.15, 0.2) is 48.5 Å². The van der Waals surface area contributed by atoms with E-state index in [1.165, 1.54) is 5.56 Å². The molecule has 1 saturated heterocycles. The molecule has 0 radical (unpaired) electrons. The summed E-state index contributed by atoms with van der Waals surface area (Å²) in [5.74, 6) is 0.233. The number of nitrogens with zero attached hydrogens (tertiary/aromatic N) is 2. The van der Waals surface area contributed by atoms with Crippen molar-refractivity contribution in [3.63, 3.8) is 0 Å². The number of carbonyl (C=O) groups excluding carboxylic acids is 1. The number of aryl methyl sites for hydroxylation is 1. The molecule has 0 spiro atoms. The van der Waals surface area contributed by atoms with E-state index in [9.17, 15) is 18.0 Å². The predicted octanol–water partition coefficient (Wildman–Crippen LogP) is 4.90. The Morgan fingerprint density at radius 2 is 1.66 bits per heavy atom. The smallest absolute Gasteiger partial charge is 0.312 e. The second kappa shape index (κ2) is 8.19. The second-order valence-electron chi connectivity index (χ2n) is 7.97. The van der Waals surface area contributed by atoms with Gasteiger partial charge in [-0.05, 0) is 68.1 Å². The molecule has 29 heavy (non-hydrogen) atoms. The van der Waals surface area contributed by atoms with Gasteiger partial charge in [0.1, 0.15) is 0 Å². The molecule has 154 valence electrons. The highest BCUT2D eigenvalue weighted by molar-refractivity contribution is 5.96. The molecule has 0 saturated carbocycles. The summed E-state index contributed by atoms with van der Waals surface area (Å²) in [4.78, 5) is 17.3. The summed E-state index contributed by atoms with van der Waals surface area (Å²) in [6, 6.07) is 13.5. The third-order valence-electron chi connectivity index (χ3n) is 6.00. The Bertz CT molecular complexity index is 855. The highest BCUT2D eigenvalue weighted by Crippen LogP contribution is 2.31. The van der Waals surface area contributed by atoms with Crippen molar-refractivity contribution in [2.45, 2.75) is 38.4 Å². The van der Waals surface area contributed by atoms with Crippen molar-refractivity contribution in [3.8, 4) is 0 Å². The van der Waals surface area contributed by atoms with Crippen LogP contribution in [0, 0.1) is 5.92 Å². The topological polar surface area (TPSA) is 23.6 Å². The lowest BCUT2D eigenvalue weighted by Gasteiger charge is -2.36. The van der Waals surface area contributed by atoms with Crippen molar-refractivity contribution in [1.29, 1.82) is 0 Å². The maximum absolute atomic E-state index is 13.1. The van der Waals surface area contributed by atoms with Crippen molar-refractivity contribution in [2.24, 2.45) is 5.92 Å². The Kier molecular flexibility index (Phi) is 5.63. The second-order valence-corrected chi connectivity index (χ2v) is 7.97. The molecule has 0 bridgehead atoms. The summed E-state index contributed by atoms with van der Waals surface area (Å²) in [5.41, 5.74) is 2.54. The fourth-order valence-electron chi connectivity index (χ4n) is 4.38. The summed E-state index contributed by atoms with van der Waals surface area (Å²) in [6.07, 6.45) is -0.707. The van der Waals surface area contributed by atoms with Crippen LogP contribution in [0.1, 0.15) is 36.0 Å². The number of fused-ring (bicyclic) bond motifs is 1. The van der Waals surface area contributed by atoms with Gasteiger partial charge in [0, 0.05) is 24.7 Å². The Balaban J connectivity index is 1.33. The van der Waals surface area contributed by atoms with Gasteiger partial charge in [-0.2, -0.15) is 13.2 Å². The number of likely N-dealkylation sites (tertiary alicyclic amines) is 1. The maximum Gasteiger partial charge on any atom is 0.416 e. The van der Waals surface area contributed by atoms with E-state index < -0.39 is 11.7 Å². The first kappa shape index (κ1) is 20.0. The molecule has 4 rings (SSSR count). The number of amides is 1. The molecule has 2 aromatic rings. The van der Waals surface area contributed by atoms with Crippen LogP contribution in [-0.2, 0) is 23.9 Å². The highest BCUT2D eigenvalue weighted by Gasteiger charge is 2.32. The predicted molar refractivity (Wildman–Crippen MR) is 107 cm³/mol. The average molecular weight is 402 g/mol. The van der Waals surface area contributed by atoms with E-state index in [1.54, 1.807) is 12.1 Å². The quantitative estimate of drug-likeness (QED) is 0.729. The zero-order valence-electron chi connectivity index (χ0n) is 16.3. The number of anilines is 1. The van der Waals surface area contributed by atoms with Crippen molar-refractivity contribution in [2.75, 3.05) is 24.5 Å². The Hall–Kier alpha value is -2.34. The van der Waals surface area contributed by atoms with E-state index in [2.05, 4.69) is 11.0 Å². The number of alkyl halides is 3. The molecule has 0 unspecified atom stereocenters. The van der Waals surface area contributed by atoms with Crippen LogP contribution in [0.2, 0.25) is 0 Å². The van der Waals surface area contributed by atoms with E-state index in [0.29, 0.717) is 6.54 Å². The number of benzene rings is 2. The number of hydrogen-bond donors (Lipinski definition) is 0. The molecule has 0 N–H and O–H groups in total. The van der Waals surface area contributed by atoms with E-state index in [4.69, 9.17) is 0 Å². The van der Waals surface area contributed by atoms with E-state index in [-0.39, 0.29) is 11.8 Å². The molecule has 3 nitrogen and oxygen atoms in total. The summed E-state index contributed by atoms with van der Waals surface area (Å²) in [6.45, 7) is 2.97. The van der Waals surface area contributed by atoms with Crippen molar-refractivity contribution < 1.29 is 18.0 Å². The Morgan fingerprint density at radius 1 is 0.966 bits per heavy atom. The molecule has 2 heterocycles. The van der Waals surface area contributed by atoms with Crippen LogP contribution < -0.4 is 4.90 Å². The number of rotatable bonds is 3. The normalized spacial score (nSPS) is 18.5. The molecule has 2 aliphatic heterocycles. The van der Waals surface area contributed by atoms with Crippen LogP contribution in [0.5, 0.6) is 0 Å². The van der Waals surface area contributed by atoms with Gasteiger partial charge in [-0.25, -0.2) is 0 Å². The van der Waals surface area contributed by atoms with Crippen LogP contribution in [-0.4, -0.2) is 30.4 Å². The highest BCUT2D eigenvalue weighted by atomic mass is 19.4. The fourth-order valence-corrected chi connectivity index (χ4v) is 4.38. The number of hydrogen-bond acceptors (Lipinski definition) is 2. The lowest BCUT2D eigenvalue weighted by atomic mass is 9.93. The molecule has 0 atom stereocenters. The van der Waals surface area contributed by atoms with Gasteiger partial charge in [0.2, 0.25) is 5.91 Å². The van der Waals surface area contributed by atoms with Crippen LogP contribution in [0.25, 0.3) is 0 Å². The molecule has 1 amide bonds. The summed E-state index contributed by atoms with van der Waals surface area (Å²) in [7, 11) is 0. The van der Waals surface area contributed by atoms with E-state index in [1.807, 2.05) is 23.1 Å². The lowest BCUT2D eigenvalue weighted by Crippen LogP contribution is -2.44. The molecule has 0 aliphatic carbocycles. The van der Waals surface area contributed by atoms with Crippen molar-refractivity contribution >= 4 is 11.6 Å². The maximum atomic E-state index is 13.1. The first-order chi connectivity index (χ1) is 13.9. The Morgan fingerprint density at radius 3 is 2.34 bits per heavy atom. The first-order valence-electron chi connectivity index (χ1n) is 10.2. The van der Waals surface area contributed by atoms with Crippen LogP contribution in [0.3, 0.4) is 0 Å². The van der Waals surface area contributed by atoms with E-state index in [0.717, 1.165) is 68.7 Å². The standard InChI is InChI=1S/C23H25F3N2O/c24-23(25,26)20-9-7-17(8-10-20)16-27-14-11-19(12-15-27)22(29)28-13-3-5-18-4-1-2-6-21(18)28/h1-2,4,6-10,19H,3,5,11-16H2. The van der Waals surface area contributed by atoms with E-state index >= 15 is 0 Å². The molecule has 1 fully saturated rings. The average Bonchev–Trinajstić information content (AvgIpc) is 2.73. The zero-order chi connectivity index (χ0) is 20.4. The van der Waals surface area contributed by atoms with Gasteiger partial charge in [-0.3, -0.25) is 9.69 Å². The minimum atomic E-state index is -4.30. The van der Waals surface area contributed by atoms with Gasteiger partial charge in [0.15, 0.2) is 0 Å². The monoisotopic (exact) mass is 402 g/mol. The minimum Gasteiger partial charge on any atom is -0.312 e. The van der Waals surface area contributed by atoms with Gasteiger partial charge in [-0.15, -0.1) is 0 Å². The van der Waals surface area contributed by atoms with Gasteiger partial charge in [0.25, 0.3) is 0 Å². The zero-order valence-corrected chi connectivity index (χ0v) is 16.3. The molecule has 6 heteroatoms. The number of para-hydroxylation sites is 1. The fraction of sp³-hybridized carbons (Fsp3) is 0.435. The SMILES string of the molecule is O=C(C1CCN(Cc2ccc(C(F)(F)F)cc2)CC1)N1CCCc2ccccc21. The Labute approximate surface area is 169 Å². The third-order valence-corrected chi connectivity index (χ3v) is 6.00. The molecule has 2 aliphatic rings. The van der Waals surface area contributed by atoms with Gasteiger partial charge in [0.05, 0.1) is 5.56 Å². The van der Waals surface area contributed by atoms with Gasteiger partial charge < -0.3 is 4.90 Å². The molecule has 2 aromatic carbocycles.